The summed E-state index contributed by atoms with van der Waals surface area (Å²) in [5, 5.41) is 0. The van der Waals surface area contributed by atoms with Gasteiger partial charge in [-0.3, -0.25) is 4.79 Å². The lowest BCUT2D eigenvalue weighted by molar-refractivity contribution is 0.0656. The number of aromatic nitrogens is 2. The summed E-state index contributed by atoms with van der Waals surface area (Å²) in [4.78, 5) is 19.3. The summed E-state index contributed by atoms with van der Waals surface area (Å²) in [5.74, 6) is 2.23. The normalized spacial score (nSPS) is 21.9. The number of furan rings is 1. The third-order valence-electron chi connectivity index (χ3n) is 5.69. The highest BCUT2D eigenvalue weighted by Crippen LogP contribution is 2.29. The first-order chi connectivity index (χ1) is 12.7. The van der Waals surface area contributed by atoms with Crippen LogP contribution in [0, 0.1) is 12.8 Å². The van der Waals surface area contributed by atoms with E-state index in [0.717, 1.165) is 58.5 Å². The molecule has 6 nitrogen and oxygen atoms in total. The first-order valence-electron chi connectivity index (χ1n) is 9.63. The van der Waals surface area contributed by atoms with E-state index in [1.54, 1.807) is 12.3 Å². The van der Waals surface area contributed by atoms with E-state index < -0.39 is 0 Å². The van der Waals surface area contributed by atoms with Gasteiger partial charge in [0.25, 0.3) is 5.91 Å². The summed E-state index contributed by atoms with van der Waals surface area (Å²) in [7, 11) is 0. The molecule has 6 heteroatoms. The van der Waals surface area contributed by atoms with Crippen molar-refractivity contribution < 1.29 is 13.9 Å². The van der Waals surface area contributed by atoms with Crippen molar-refractivity contribution in [2.24, 2.45) is 5.92 Å². The fourth-order valence-electron chi connectivity index (χ4n) is 4.22. The number of hydrogen-bond acceptors (Lipinski definition) is 4. The molecule has 4 heterocycles. The lowest BCUT2D eigenvalue weighted by Gasteiger charge is -2.33. The zero-order valence-electron chi connectivity index (χ0n) is 15.4. The molecule has 0 saturated carbocycles. The quantitative estimate of drug-likeness (QED) is 0.843. The molecule has 4 rings (SSSR count). The minimum atomic E-state index is 0.0791. The predicted molar refractivity (Wildman–Crippen MR) is 97.1 cm³/mol. The second-order valence-electron chi connectivity index (χ2n) is 7.53. The Balaban J connectivity index is 1.45. The SMILES string of the molecule is Cc1cnc(C2CCOCC2)n1CC1CCCN(C(=O)c2ccoc2)C1. The monoisotopic (exact) mass is 357 g/mol. The van der Waals surface area contributed by atoms with Gasteiger partial charge in [-0.15, -0.1) is 0 Å². The zero-order chi connectivity index (χ0) is 17.9. The van der Waals surface area contributed by atoms with Gasteiger partial charge in [-0.2, -0.15) is 0 Å². The third-order valence-corrected chi connectivity index (χ3v) is 5.69. The molecular formula is C20H27N3O3. The maximum absolute atomic E-state index is 12.6. The standard InChI is InChI=1S/C20H27N3O3/c1-15-11-21-19(17-4-8-25-9-5-17)23(15)13-16-3-2-7-22(12-16)20(24)18-6-10-26-14-18/h6,10-11,14,16-17H,2-5,7-9,12-13H2,1H3. The van der Waals surface area contributed by atoms with Gasteiger partial charge in [0.2, 0.25) is 0 Å². The molecule has 2 aliphatic heterocycles. The Morgan fingerprint density at radius 1 is 1.31 bits per heavy atom. The fourth-order valence-corrected chi connectivity index (χ4v) is 4.22. The lowest BCUT2D eigenvalue weighted by atomic mass is 9.96. The van der Waals surface area contributed by atoms with Gasteiger partial charge in [0, 0.05) is 50.7 Å². The van der Waals surface area contributed by atoms with Crippen molar-refractivity contribution in [3.05, 3.63) is 41.9 Å². The molecule has 2 saturated heterocycles. The van der Waals surface area contributed by atoms with Gasteiger partial charge in [0.1, 0.15) is 12.1 Å². The maximum atomic E-state index is 12.6. The van der Waals surface area contributed by atoms with Gasteiger partial charge in [-0.1, -0.05) is 0 Å². The van der Waals surface area contributed by atoms with Crippen LogP contribution < -0.4 is 0 Å². The molecule has 0 radical (unpaired) electrons. The number of imidazole rings is 1. The highest BCUT2D eigenvalue weighted by atomic mass is 16.5. The van der Waals surface area contributed by atoms with Gasteiger partial charge in [-0.05, 0) is 44.6 Å². The van der Waals surface area contributed by atoms with Gasteiger partial charge in [0.15, 0.2) is 0 Å². The highest BCUT2D eigenvalue weighted by Gasteiger charge is 2.28. The Labute approximate surface area is 154 Å². The number of likely N-dealkylation sites (tertiary alicyclic amines) is 1. The van der Waals surface area contributed by atoms with Gasteiger partial charge < -0.3 is 18.6 Å². The minimum absolute atomic E-state index is 0.0791. The first kappa shape index (κ1) is 17.3. The predicted octanol–water partition coefficient (Wildman–Crippen LogP) is 3.23. The van der Waals surface area contributed by atoms with Crippen LogP contribution in [0.5, 0.6) is 0 Å². The maximum Gasteiger partial charge on any atom is 0.257 e. The van der Waals surface area contributed by atoms with Gasteiger partial charge >= 0.3 is 0 Å². The summed E-state index contributed by atoms with van der Waals surface area (Å²) in [6.45, 7) is 6.35. The van der Waals surface area contributed by atoms with E-state index in [4.69, 9.17) is 14.1 Å². The molecule has 0 N–H and O–H groups in total. The summed E-state index contributed by atoms with van der Waals surface area (Å²) in [6.07, 6.45) is 9.38. The Morgan fingerprint density at radius 3 is 2.92 bits per heavy atom. The molecule has 2 aromatic rings. The Bertz CT molecular complexity index is 732. The zero-order valence-corrected chi connectivity index (χ0v) is 15.4. The lowest BCUT2D eigenvalue weighted by Crippen LogP contribution is -2.41. The second kappa shape index (κ2) is 7.66. The Kier molecular flexibility index (Phi) is 5.11. The topological polar surface area (TPSA) is 60.5 Å². The van der Waals surface area contributed by atoms with E-state index in [-0.39, 0.29) is 5.91 Å². The number of hydrogen-bond donors (Lipinski definition) is 0. The van der Waals surface area contributed by atoms with Crippen molar-refractivity contribution in [2.75, 3.05) is 26.3 Å². The highest BCUT2D eigenvalue weighted by molar-refractivity contribution is 5.93. The largest absolute Gasteiger partial charge is 0.472 e. The molecule has 2 fully saturated rings. The van der Waals surface area contributed by atoms with E-state index in [0.29, 0.717) is 17.4 Å². The molecule has 1 unspecified atom stereocenters. The van der Waals surface area contributed by atoms with Crippen LogP contribution >= 0.6 is 0 Å². The van der Waals surface area contributed by atoms with Crippen LogP contribution in [0.1, 0.15) is 53.5 Å². The average molecular weight is 357 g/mol. The first-order valence-corrected chi connectivity index (χ1v) is 9.63. The molecule has 2 aliphatic rings. The second-order valence-corrected chi connectivity index (χ2v) is 7.53. The van der Waals surface area contributed by atoms with Crippen LogP contribution in [0.25, 0.3) is 0 Å². The molecule has 0 aliphatic carbocycles. The number of carbonyl (C=O) groups excluding carboxylic acids is 1. The van der Waals surface area contributed by atoms with Crippen LogP contribution in [0.3, 0.4) is 0 Å². The molecular weight excluding hydrogens is 330 g/mol. The number of carbonyl (C=O) groups is 1. The van der Waals surface area contributed by atoms with Crippen LogP contribution in [-0.4, -0.2) is 46.7 Å². The van der Waals surface area contributed by atoms with E-state index in [2.05, 4.69) is 11.5 Å². The van der Waals surface area contributed by atoms with Crippen molar-refractivity contribution in [2.45, 2.75) is 45.1 Å². The van der Waals surface area contributed by atoms with Crippen molar-refractivity contribution in [3.63, 3.8) is 0 Å². The summed E-state index contributed by atoms with van der Waals surface area (Å²) < 4.78 is 13.0. The van der Waals surface area contributed by atoms with Crippen LogP contribution in [0.2, 0.25) is 0 Å². The number of ether oxygens (including phenoxy) is 1. The van der Waals surface area contributed by atoms with E-state index in [9.17, 15) is 4.79 Å². The molecule has 1 atom stereocenters. The number of piperidine rings is 1. The smallest absolute Gasteiger partial charge is 0.257 e. The van der Waals surface area contributed by atoms with Crippen molar-refractivity contribution in [1.82, 2.24) is 14.5 Å². The number of aryl methyl sites for hydroxylation is 1. The molecule has 1 amide bonds. The molecule has 0 bridgehead atoms. The van der Waals surface area contributed by atoms with Crippen molar-refractivity contribution in [1.29, 1.82) is 0 Å². The van der Waals surface area contributed by atoms with Crippen molar-refractivity contribution in [3.8, 4) is 0 Å². The van der Waals surface area contributed by atoms with Crippen LogP contribution in [0.4, 0.5) is 0 Å². The molecule has 2 aromatic heterocycles. The Morgan fingerprint density at radius 2 is 2.15 bits per heavy atom. The van der Waals surface area contributed by atoms with E-state index in [1.165, 1.54) is 17.8 Å². The van der Waals surface area contributed by atoms with Crippen molar-refractivity contribution >= 4 is 5.91 Å². The summed E-state index contributed by atoms with van der Waals surface area (Å²) in [6, 6.07) is 1.75. The Hall–Kier alpha value is -2.08. The average Bonchev–Trinajstić information content (AvgIpc) is 3.33. The molecule has 0 spiro atoms. The molecule has 140 valence electrons. The minimum Gasteiger partial charge on any atom is -0.472 e. The van der Waals surface area contributed by atoms with E-state index >= 15 is 0 Å². The number of nitrogens with zero attached hydrogens (tertiary/aromatic N) is 3. The van der Waals surface area contributed by atoms with Gasteiger partial charge in [-0.25, -0.2) is 4.98 Å². The molecule has 0 aromatic carbocycles. The number of rotatable bonds is 4. The van der Waals surface area contributed by atoms with Crippen LogP contribution in [0.15, 0.2) is 29.2 Å². The number of amides is 1. The molecule has 26 heavy (non-hydrogen) atoms. The van der Waals surface area contributed by atoms with Crippen LogP contribution in [-0.2, 0) is 11.3 Å². The summed E-state index contributed by atoms with van der Waals surface area (Å²) >= 11 is 0. The summed E-state index contributed by atoms with van der Waals surface area (Å²) in [5.41, 5.74) is 1.86. The third kappa shape index (κ3) is 3.56. The van der Waals surface area contributed by atoms with E-state index in [1.807, 2.05) is 11.1 Å². The van der Waals surface area contributed by atoms with Gasteiger partial charge in [0.05, 0.1) is 11.8 Å². The fraction of sp³-hybridized carbons (Fsp3) is 0.600.